The first-order chi connectivity index (χ1) is 11.9. The maximum atomic E-state index is 11.1. The number of pyridine rings is 1. The fourth-order valence-corrected chi connectivity index (χ4v) is 2.57. The van der Waals surface area contributed by atoms with Crippen LogP contribution in [0.1, 0.15) is 35.7 Å². The molecule has 2 aromatic rings. The van der Waals surface area contributed by atoms with Crippen molar-refractivity contribution in [1.82, 2.24) is 4.98 Å². The zero-order valence-electron chi connectivity index (χ0n) is 15.3. The van der Waals surface area contributed by atoms with Gasteiger partial charge >= 0.3 is 0 Å². The van der Waals surface area contributed by atoms with E-state index in [0.29, 0.717) is 11.5 Å². The van der Waals surface area contributed by atoms with Crippen LogP contribution in [-0.2, 0) is 11.2 Å². The van der Waals surface area contributed by atoms with Crippen LogP contribution in [0.15, 0.2) is 53.2 Å². The Morgan fingerprint density at radius 2 is 1.84 bits per heavy atom. The molecule has 0 saturated heterocycles. The fourth-order valence-electron chi connectivity index (χ4n) is 2.57. The Balaban J connectivity index is 0.000000196. The summed E-state index contributed by atoms with van der Waals surface area (Å²) in [5.41, 5.74) is 11.9. The molecule has 2 heterocycles. The molecule has 4 heteroatoms. The van der Waals surface area contributed by atoms with E-state index in [1.165, 1.54) is 16.7 Å². The highest BCUT2D eigenvalue weighted by Crippen LogP contribution is 2.14. The zero-order chi connectivity index (χ0) is 18.4. The maximum Gasteiger partial charge on any atom is 0.177 e. The second kappa shape index (κ2) is 8.38. The van der Waals surface area contributed by atoms with Gasteiger partial charge in [-0.3, -0.25) is 9.79 Å². The van der Waals surface area contributed by atoms with Crippen LogP contribution in [0.5, 0.6) is 0 Å². The number of benzene rings is 1. The van der Waals surface area contributed by atoms with Crippen LogP contribution in [0.3, 0.4) is 0 Å². The van der Waals surface area contributed by atoms with E-state index in [0.717, 1.165) is 24.2 Å². The number of nitrogens with zero attached hydrogens (tertiary/aromatic N) is 2. The number of hydrogen-bond donors (Lipinski definition) is 1. The second-order valence-corrected chi connectivity index (χ2v) is 6.26. The lowest BCUT2D eigenvalue weighted by molar-refractivity contribution is -0.113. The van der Waals surface area contributed by atoms with Gasteiger partial charge in [0.25, 0.3) is 0 Å². The van der Waals surface area contributed by atoms with Crippen LogP contribution >= 0.6 is 0 Å². The third kappa shape index (κ3) is 5.38. The van der Waals surface area contributed by atoms with Crippen molar-refractivity contribution >= 4 is 17.3 Å². The zero-order valence-corrected chi connectivity index (χ0v) is 15.3. The highest BCUT2D eigenvalue weighted by Gasteiger charge is 2.11. The number of hydrogen-bond acceptors (Lipinski definition) is 4. The van der Waals surface area contributed by atoms with Gasteiger partial charge in [-0.05, 0) is 49.6 Å². The number of ketones is 1. The molecule has 1 aromatic heterocycles. The lowest BCUT2D eigenvalue weighted by atomic mass is 10.1. The van der Waals surface area contributed by atoms with E-state index in [1.54, 1.807) is 6.92 Å². The molecule has 0 amide bonds. The predicted octanol–water partition coefficient (Wildman–Crippen LogP) is 4.14. The van der Waals surface area contributed by atoms with Crippen LogP contribution in [0.2, 0.25) is 0 Å². The number of aryl methyl sites for hydroxylation is 2. The van der Waals surface area contributed by atoms with Gasteiger partial charge in [0, 0.05) is 31.2 Å². The highest BCUT2D eigenvalue weighted by molar-refractivity contribution is 6.01. The Hall–Kier alpha value is -2.75. The van der Waals surface area contributed by atoms with Gasteiger partial charge in [0.15, 0.2) is 5.78 Å². The second-order valence-electron chi connectivity index (χ2n) is 6.26. The topological polar surface area (TPSA) is 68.3 Å². The molecule has 0 bridgehead atoms. The van der Waals surface area contributed by atoms with E-state index in [9.17, 15) is 4.79 Å². The highest BCUT2D eigenvalue weighted by atomic mass is 16.1. The van der Waals surface area contributed by atoms with Crippen LogP contribution in [0, 0.1) is 20.8 Å². The minimum absolute atomic E-state index is 0.0538. The van der Waals surface area contributed by atoms with Crippen molar-refractivity contribution in [3.63, 3.8) is 0 Å². The summed E-state index contributed by atoms with van der Waals surface area (Å²) < 4.78 is 0. The molecule has 0 saturated carbocycles. The minimum Gasteiger partial charge on any atom is -0.384 e. The molecular weight excluding hydrogens is 310 g/mol. The van der Waals surface area contributed by atoms with Gasteiger partial charge in [-0.25, -0.2) is 4.98 Å². The number of nitrogen functional groups attached to an aromatic ring is 1. The van der Waals surface area contributed by atoms with E-state index in [2.05, 4.69) is 29.0 Å². The molecule has 0 aliphatic carbocycles. The number of aliphatic imine (C=N–C) groups is 1. The van der Waals surface area contributed by atoms with Gasteiger partial charge in [-0.2, -0.15) is 0 Å². The minimum atomic E-state index is 0.0538. The van der Waals surface area contributed by atoms with E-state index in [-0.39, 0.29) is 5.78 Å². The summed E-state index contributed by atoms with van der Waals surface area (Å²) in [5, 5.41) is 0. The van der Waals surface area contributed by atoms with Crippen LogP contribution < -0.4 is 5.73 Å². The number of anilines is 1. The molecule has 1 aliphatic heterocycles. The van der Waals surface area contributed by atoms with E-state index in [4.69, 9.17) is 5.73 Å². The third-order valence-corrected chi connectivity index (χ3v) is 4.22. The summed E-state index contributed by atoms with van der Waals surface area (Å²) in [7, 11) is 0. The van der Waals surface area contributed by atoms with Crippen molar-refractivity contribution in [3.05, 3.63) is 70.6 Å². The van der Waals surface area contributed by atoms with Gasteiger partial charge in [-0.15, -0.1) is 0 Å². The lowest BCUT2D eigenvalue weighted by Crippen LogP contribution is -1.99. The van der Waals surface area contributed by atoms with Gasteiger partial charge in [0.2, 0.25) is 0 Å². The number of aromatic nitrogens is 1. The molecule has 0 radical (unpaired) electrons. The molecule has 2 N–H and O–H groups in total. The standard InChI is InChI=1S/C13H13NO.C8H12N2/c1-10(15)13-8-7-12(14-13)9-11-5-3-2-4-6-11;1-5-4-8(9)10-7(3)6(5)2/h2-6,8H,7,9H2,1H3;4H,1-3H3,(H2,9,10). The number of rotatable bonds is 3. The SMILES string of the molecule is CC(=O)C1=CCC(Cc2ccccc2)=N1.Cc1cc(N)nc(C)c1C. The summed E-state index contributed by atoms with van der Waals surface area (Å²) in [6.07, 6.45) is 3.55. The number of carbonyl (C=O) groups is 1. The van der Waals surface area contributed by atoms with Crippen molar-refractivity contribution in [1.29, 1.82) is 0 Å². The van der Waals surface area contributed by atoms with Gasteiger partial charge in [0.1, 0.15) is 11.5 Å². The molecular formula is C21H25N3O. The van der Waals surface area contributed by atoms with Crippen molar-refractivity contribution in [2.45, 2.75) is 40.5 Å². The van der Waals surface area contributed by atoms with Crippen molar-refractivity contribution in [3.8, 4) is 0 Å². The Kier molecular flexibility index (Phi) is 6.23. The van der Waals surface area contributed by atoms with Gasteiger partial charge < -0.3 is 5.73 Å². The number of allylic oxidation sites excluding steroid dienone is 2. The molecule has 1 aliphatic rings. The van der Waals surface area contributed by atoms with E-state index in [1.807, 2.05) is 44.2 Å². The van der Waals surface area contributed by atoms with E-state index < -0.39 is 0 Å². The summed E-state index contributed by atoms with van der Waals surface area (Å²) in [4.78, 5) is 19.5. The van der Waals surface area contributed by atoms with Crippen LogP contribution in [0.25, 0.3) is 0 Å². The Morgan fingerprint density at radius 1 is 1.16 bits per heavy atom. The molecule has 0 spiro atoms. The molecule has 130 valence electrons. The summed E-state index contributed by atoms with van der Waals surface area (Å²) >= 11 is 0. The normalized spacial score (nSPS) is 12.8. The predicted molar refractivity (Wildman–Crippen MR) is 104 cm³/mol. The summed E-state index contributed by atoms with van der Waals surface area (Å²) in [5.74, 6) is 0.665. The number of nitrogens with two attached hydrogens (primary N) is 1. The first kappa shape index (κ1) is 18.6. The Bertz CT molecular complexity index is 797. The average molecular weight is 335 g/mol. The average Bonchev–Trinajstić information content (AvgIpc) is 3.03. The lowest BCUT2D eigenvalue weighted by Gasteiger charge is -2.03. The molecule has 0 fully saturated rings. The summed E-state index contributed by atoms with van der Waals surface area (Å²) in [6.45, 7) is 7.62. The fraction of sp³-hybridized carbons (Fsp3) is 0.286. The quantitative estimate of drug-likeness (QED) is 0.916. The van der Waals surface area contributed by atoms with Crippen molar-refractivity contribution in [2.24, 2.45) is 4.99 Å². The number of carbonyl (C=O) groups excluding carboxylic acids is 1. The number of Topliss-reactive ketones (excluding diaryl/α,β-unsaturated/α-hetero) is 1. The molecule has 3 rings (SSSR count). The van der Waals surface area contributed by atoms with Crippen molar-refractivity contribution in [2.75, 3.05) is 5.73 Å². The molecule has 0 unspecified atom stereocenters. The molecule has 1 aromatic carbocycles. The first-order valence-corrected chi connectivity index (χ1v) is 8.38. The molecule has 4 nitrogen and oxygen atoms in total. The van der Waals surface area contributed by atoms with E-state index >= 15 is 0 Å². The monoisotopic (exact) mass is 335 g/mol. The maximum absolute atomic E-state index is 11.1. The van der Waals surface area contributed by atoms with Gasteiger partial charge in [0.05, 0.1) is 0 Å². The largest absolute Gasteiger partial charge is 0.384 e. The molecule has 0 atom stereocenters. The Morgan fingerprint density at radius 3 is 2.40 bits per heavy atom. The molecule has 25 heavy (non-hydrogen) atoms. The first-order valence-electron chi connectivity index (χ1n) is 8.38. The Labute approximate surface area is 149 Å². The third-order valence-electron chi connectivity index (χ3n) is 4.22. The summed E-state index contributed by atoms with van der Waals surface area (Å²) in [6, 6.07) is 12.1. The van der Waals surface area contributed by atoms with Crippen LogP contribution in [0.4, 0.5) is 5.82 Å². The van der Waals surface area contributed by atoms with Gasteiger partial charge in [-0.1, -0.05) is 30.3 Å². The smallest absolute Gasteiger partial charge is 0.177 e. The van der Waals surface area contributed by atoms with Crippen molar-refractivity contribution < 1.29 is 4.79 Å². The van der Waals surface area contributed by atoms with Crippen LogP contribution in [-0.4, -0.2) is 16.5 Å².